The first kappa shape index (κ1) is 16.3. The van der Waals surface area contributed by atoms with Crippen molar-refractivity contribution in [2.75, 3.05) is 7.05 Å². The minimum atomic E-state index is -0.738. The van der Waals surface area contributed by atoms with Crippen LogP contribution in [0.5, 0.6) is 0 Å². The van der Waals surface area contributed by atoms with Crippen LogP contribution in [0.2, 0.25) is 0 Å². The van der Waals surface area contributed by atoms with E-state index in [1.807, 2.05) is 11.9 Å². The van der Waals surface area contributed by atoms with Gasteiger partial charge in [-0.3, -0.25) is 4.79 Å². The van der Waals surface area contributed by atoms with Crippen LogP contribution >= 0.6 is 0 Å². The lowest BCUT2D eigenvalue weighted by atomic mass is 9.74. The molecule has 118 valence electrons. The SMILES string of the molecule is CN(C(=O)C1(C#N)CCCCCC1)C1CCC(C)(C)CC1. The standard InChI is InChI=1S/C18H30N2O/c1-17(2)12-8-15(9-13-17)20(3)16(21)18(14-19)10-6-4-5-7-11-18/h15H,4-13H2,1-3H3. The van der Waals surface area contributed by atoms with Crippen molar-refractivity contribution in [1.29, 1.82) is 5.26 Å². The summed E-state index contributed by atoms with van der Waals surface area (Å²) in [6.45, 7) is 4.63. The Morgan fingerprint density at radius 2 is 1.57 bits per heavy atom. The molecule has 0 aliphatic heterocycles. The Hall–Kier alpha value is -1.04. The molecule has 2 rings (SSSR count). The lowest BCUT2D eigenvalue weighted by Gasteiger charge is -2.41. The summed E-state index contributed by atoms with van der Waals surface area (Å²) in [5, 5.41) is 9.67. The van der Waals surface area contributed by atoms with Crippen molar-refractivity contribution >= 4 is 5.91 Å². The summed E-state index contributed by atoms with van der Waals surface area (Å²) in [5.41, 5.74) is -0.326. The third-order valence-corrected chi connectivity index (χ3v) is 5.76. The van der Waals surface area contributed by atoms with Crippen LogP contribution in [0, 0.1) is 22.2 Å². The van der Waals surface area contributed by atoms with Gasteiger partial charge in [0.05, 0.1) is 6.07 Å². The van der Waals surface area contributed by atoms with Crippen LogP contribution in [0.25, 0.3) is 0 Å². The van der Waals surface area contributed by atoms with Gasteiger partial charge in [0.1, 0.15) is 5.41 Å². The maximum absolute atomic E-state index is 13.0. The van der Waals surface area contributed by atoms with E-state index in [1.165, 1.54) is 12.8 Å². The summed E-state index contributed by atoms with van der Waals surface area (Å²) in [4.78, 5) is 14.9. The van der Waals surface area contributed by atoms with Crippen molar-refractivity contribution in [3.63, 3.8) is 0 Å². The predicted octanol–water partition coefficient (Wildman–Crippen LogP) is 4.28. The molecule has 0 atom stereocenters. The highest BCUT2D eigenvalue weighted by atomic mass is 16.2. The molecule has 0 aromatic carbocycles. The fourth-order valence-electron chi connectivity index (χ4n) is 3.98. The number of hydrogen-bond acceptors (Lipinski definition) is 2. The molecule has 3 nitrogen and oxygen atoms in total. The van der Waals surface area contributed by atoms with Gasteiger partial charge in [0.15, 0.2) is 0 Å². The van der Waals surface area contributed by atoms with Crippen LogP contribution in [0.3, 0.4) is 0 Å². The number of hydrogen-bond donors (Lipinski definition) is 0. The molecule has 0 aromatic rings. The van der Waals surface area contributed by atoms with Gasteiger partial charge in [-0.1, -0.05) is 39.5 Å². The first-order chi connectivity index (χ1) is 9.90. The fourth-order valence-corrected chi connectivity index (χ4v) is 3.98. The quantitative estimate of drug-likeness (QED) is 0.712. The van der Waals surface area contributed by atoms with Gasteiger partial charge in [0.2, 0.25) is 5.91 Å². The van der Waals surface area contributed by atoms with E-state index in [9.17, 15) is 10.1 Å². The number of nitrogens with zero attached hydrogens (tertiary/aromatic N) is 2. The zero-order chi connectivity index (χ0) is 15.5. The number of rotatable bonds is 2. The molecule has 0 spiro atoms. The van der Waals surface area contributed by atoms with Gasteiger partial charge >= 0.3 is 0 Å². The summed E-state index contributed by atoms with van der Waals surface area (Å²) in [7, 11) is 1.93. The largest absolute Gasteiger partial charge is 0.341 e. The molecular weight excluding hydrogens is 260 g/mol. The molecule has 21 heavy (non-hydrogen) atoms. The van der Waals surface area contributed by atoms with Gasteiger partial charge in [-0.25, -0.2) is 0 Å². The Morgan fingerprint density at radius 1 is 1.05 bits per heavy atom. The van der Waals surface area contributed by atoms with Crippen molar-refractivity contribution in [2.45, 2.75) is 84.1 Å². The van der Waals surface area contributed by atoms with E-state index in [0.29, 0.717) is 11.5 Å². The Bertz CT molecular complexity index is 403. The number of nitriles is 1. The molecule has 0 heterocycles. The maximum atomic E-state index is 13.0. The maximum Gasteiger partial charge on any atom is 0.243 e. The van der Waals surface area contributed by atoms with Crippen LogP contribution in [-0.2, 0) is 4.79 Å². The molecule has 3 heteroatoms. The Balaban J connectivity index is 2.05. The molecule has 1 amide bonds. The first-order valence-corrected chi connectivity index (χ1v) is 8.59. The van der Waals surface area contributed by atoms with Gasteiger partial charge in [-0.2, -0.15) is 5.26 Å². The van der Waals surface area contributed by atoms with E-state index in [2.05, 4.69) is 19.9 Å². The zero-order valence-corrected chi connectivity index (χ0v) is 14.0. The smallest absolute Gasteiger partial charge is 0.243 e. The van der Waals surface area contributed by atoms with Gasteiger partial charge in [-0.05, 0) is 43.9 Å². The highest BCUT2D eigenvalue weighted by Crippen LogP contribution is 2.40. The normalized spacial score (nSPS) is 25.6. The summed E-state index contributed by atoms with van der Waals surface area (Å²) >= 11 is 0. The molecule has 2 fully saturated rings. The molecule has 0 N–H and O–H groups in total. The third-order valence-electron chi connectivity index (χ3n) is 5.76. The van der Waals surface area contributed by atoms with Gasteiger partial charge < -0.3 is 4.90 Å². The molecule has 0 radical (unpaired) electrons. The van der Waals surface area contributed by atoms with Crippen molar-refractivity contribution in [3.05, 3.63) is 0 Å². The van der Waals surface area contributed by atoms with E-state index in [0.717, 1.165) is 51.4 Å². The number of carbonyl (C=O) groups excluding carboxylic acids is 1. The second-order valence-electron chi connectivity index (χ2n) is 7.92. The van der Waals surface area contributed by atoms with E-state index in [4.69, 9.17) is 0 Å². The van der Waals surface area contributed by atoms with Crippen LogP contribution in [0.4, 0.5) is 0 Å². The highest BCUT2D eigenvalue weighted by Gasteiger charge is 2.43. The van der Waals surface area contributed by atoms with Crippen LogP contribution in [-0.4, -0.2) is 23.9 Å². The summed E-state index contributed by atoms with van der Waals surface area (Å²) < 4.78 is 0. The minimum absolute atomic E-state index is 0.0941. The number of amides is 1. The number of carbonyl (C=O) groups is 1. The molecule has 0 unspecified atom stereocenters. The second kappa shape index (κ2) is 6.38. The summed E-state index contributed by atoms with van der Waals surface area (Å²) in [6.07, 6.45) is 10.4. The summed E-state index contributed by atoms with van der Waals surface area (Å²) in [5.74, 6) is 0.0941. The Morgan fingerprint density at radius 3 is 2.05 bits per heavy atom. The second-order valence-corrected chi connectivity index (χ2v) is 7.92. The fraction of sp³-hybridized carbons (Fsp3) is 0.889. The van der Waals surface area contributed by atoms with Gasteiger partial charge in [-0.15, -0.1) is 0 Å². The van der Waals surface area contributed by atoms with Crippen LogP contribution in [0.15, 0.2) is 0 Å². The van der Waals surface area contributed by atoms with Crippen LogP contribution < -0.4 is 0 Å². The molecule has 2 saturated carbocycles. The Labute approximate surface area is 129 Å². The van der Waals surface area contributed by atoms with Crippen molar-refractivity contribution in [2.24, 2.45) is 10.8 Å². The third kappa shape index (κ3) is 3.59. The average Bonchev–Trinajstić information content (AvgIpc) is 2.72. The first-order valence-electron chi connectivity index (χ1n) is 8.59. The highest BCUT2D eigenvalue weighted by molar-refractivity contribution is 5.85. The monoisotopic (exact) mass is 290 g/mol. The molecule has 2 aliphatic rings. The van der Waals surface area contributed by atoms with Gasteiger partial charge in [0, 0.05) is 13.1 Å². The van der Waals surface area contributed by atoms with E-state index < -0.39 is 5.41 Å². The topological polar surface area (TPSA) is 44.1 Å². The minimum Gasteiger partial charge on any atom is -0.341 e. The van der Waals surface area contributed by atoms with Crippen molar-refractivity contribution in [1.82, 2.24) is 4.90 Å². The van der Waals surface area contributed by atoms with Gasteiger partial charge in [0.25, 0.3) is 0 Å². The van der Waals surface area contributed by atoms with Crippen LogP contribution in [0.1, 0.15) is 78.1 Å². The lowest BCUT2D eigenvalue weighted by molar-refractivity contribution is -0.141. The van der Waals surface area contributed by atoms with E-state index >= 15 is 0 Å². The molecule has 2 aliphatic carbocycles. The van der Waals surface area contributed by atoms with E-state index in [1.54, 1.807) is 0 Å². The van der Waals surface area contributed by atoms with Crippen molar-refractivity contribution in [3.8, 4) is 6.07 Å². The van der Waals surface area contributed by atoms with Crippen molar-refractivity contribution < 1.29 is 4.79 Å². The lowest BCUT2D eigenvalue weighted by Crippen LogP contribution is -2.47. The average molecular weight is 290 g/mol. The predicted molar refractivity (Wildman–Crippen MR) is 84.6 cm³/mol. The zero-order valence-electron chi connectivity index (χ0n) is 14.0. The Kier molecular flexibility index (Phi) is 4.96. The molecular formula is C18H30N2O. The summed E-state index contributed by atoms with van der Waals surface area (Å²) in [6, 6.07) is 2.73. The molecule has 0 bridgehead atoms. The van der Waals surface area contributed by atoms with E-state index in [-0.39, 0.29) is 5.91 Å². The molecule has 0 aromatic heterocycles. The molecule has 0 saturated heterocycles.